The summed E-state index contributed by atoms with van der Waals surface area (Å²) in [5.41, 5.74) is 10.3. The maximum atomic E-state index is 6.24. The summed E-state index contributed by atoms with van der Waals surface area (Å²) < 4.78 is 12.4. The Morgan fingerprint density at radius 2 is 0.932 bits per heavy atom. The number of furan rings is 2. The molecule has 0 saturated heterocycles. The highest BCUT2D eigenvalue weighted by molar-refractivity contribution is 6.12. The summed E-state index contributed by atoms with van der Waals surface area (Å²) in [4.78, 5) is 10.3. The lowest BCUT2D eigenvalue weighted by Crippen LogP contribution is -1.96. The normalized spacial score (nSPS) is 11.6. The molecule has 4 nitrogen and oxygen atoms in total. The Labute approximate surface area is 252 Å². The number of hydrogen-bond donors (Lipinski definition) is 0. The van der Waals surface area contributed by atoms with Crippen LogP contribution in [0.3, 0.4) is 0 Å². The molecule has 0 aliphatic heterocycles. The van der Waals surface area contributed by atoms with Crippen LogP contribution in [-0.4, -0.2) is 9.97 Å². The van der Waals surface area contributed by atoms with Crippen molar-refractivity contribution in [1.29, 1.82) is 0 Å². The number of nitrogens with zero attached hydrogens (tertiary/aromatic N) is 2. The summed E-state index contributed by atoms with van der Waals surface area (Å²) >= 11 is 0. The van der Waals surface area contributed by atoms with Gasteiger partial charge in [-0.05, 0) is 47.5 Å². The Kier molecular flexibility index (Phi) is 5.47. The van der Waals surface area contributed by atoms with Gasteiger partial charge >= 0.3 is 0 Å². The van der Waals surface area contributed by atoms with E-state index in [2.05, 4.69) is 91.0 Å². The fourth-order valence-electron chi connectivity index (χ4n) is 6.17. The van der Waals surface area contributed by atoms with E-state index in [9.17, 15) is 0 Å². The smallest absolute Gasteiger partial charge is 0.161 e. The molecule has 0 bridgehead atoms. The van der Waals surface area contributed by atoms with E-state index in [0.29, 0.717) is 5.82 Å². The molecule has 0 saturated carbocycles. The fourth-order valence-corrected chi connectivity index (χ4v) is 6.17. The molecule has 0 radical (unpaired) electrons. The first-order valence-corrected chi connectivity index (χ1v) is 14.7. The Balaban J connectivity index is 1.25. The van der Waals surface area contributed by atoms with Crippen molar-refractivity contribution >= 4 is 43.9 Å². The largest absolute Gasteiger partial charge is 0.456 e. The molecule has 3 aromatic heterocycles. The van der Waals surface area contributed by atoms with E-state index in [1.807, 2.05) is 54.6 Å². The second-order valence-electron chi connectivity index (χ2n) is 11.0. The van der Waals surface area contributed by atoms with Gasteiger partial charge in [-0.15, -0.1) is 0 Å². The van der Waals surface area contributed by atoms with Gasteiger partial charge in [0.2, 0.25) is 0 Å². The molecule has 44 heavy (non-hydrogen) atoms. The Hall–Kier alpha value is -6.00. The highest BCUT2D eigenvalue weighted by Crippen LogP contribution is 2.38. The molecule has 206 valence electrons. The lowest BCUT2D eigenvalue weighted by Gasteiger charge is -2.11. The van der Waals surface area contributed by atoms with E-state index in [1.165, 1.54) is 5.56 Å². The second-order valence-corrected chi connectivity index (χ2v) is 11.0. The van der Waals surface area contributed by atoms with E-state index in [4.69, 9.17) is 18.8 Å². The van der Waals surface area contributed by atoms with Crippen molar-refractivity contribution in [2.45, 2.75) is 0 Å². The van der Waals surface area contributed by atoms with E-state index in [-0.39, 0.29) is 0 Å². The predicted molar refractivity (Wildman–Crippen MR) is 178 cm³/mol. The number of fused-ring (bicyclic) bond motifs is 6. The zero-order valence-corrected chi connectivity index (χ0v) is 23.6. The van der Waals surface area contributed by atoms with Gasteiger partial charge in [0.15, 0.2) is 5.82 Å². The van der Waals surface area contributed by atoms with Gasteiger partial charge < -0.3 is 8.83 Å². The van der Waals surface area contributed by atoms with E-state index >= 15 is 0 Å². The minimum atomic E-state index is 0.645. The lowest BCUT2D eigenvalue weighted by molar-refractivity contribution is 0.668. The average Bonchev–Trinajstić information content (AvgIpc) is 3.66. The third-order valence-corrected chi connectivity index (χ3v) is 8.33. The number of benzene rings is 6. The standard InChI is InChI=1S/C40H24N2O2/c1-2-9-25(10-3-1)26-17-19-27(20-18-26)33-24-34(28-21-22-30-29-11-4-6-14-35(29)44-38(30)23-28)42-40(41-33)32-13-8-16-37-39(32)31-12-5-7-15-36(31)43-37/h1-24H. The van der Waals surface area contributed by atoms with Gasteiger partial charge in [-0.25, -0.2) is 9.97 Å². The number of rotatable bonds is 4. The van der Waals surface area contributed by atoms with Crippen molar-refractivity contribution in [3.63, 3.8) is 0 Å². The molecule has 4 heteroatoms. The Morgan fingerprint density at radius 1 is 0.364 bits per heavy atom. The summed E-state index contributed by atoms with van der Waals surface area (Å²) in [6.07, 6.45) is 0. The molecule has 9 rings (SSSR count). The molecular formula is C40H24N2O2. The molecule has 0 aliphatic rings. The topological polar surface area (TPSA) is 52.1 Å². The summed E-state index contributed by atoms with van der Waals surface area (Å²) in [5.74, 6) is 0.645. The van der Waals surface area contributed by atoms with Crippen molar-refractivity contribution in [2.75, 3.05) is 0 Å². The molecule has 0 amide bonds. The number of aromatic nitrogens is 2. The maximum absolute atomic E-state index is 6.24. The zero-order valence-electron chi connectivity index (χ0n) is 23.6. The summed E-state index contributed by atoms with van der Waals surface area (Å²) in [7, 11) is 0. The number of para-hydroxylation sites is 2. The molecule has 3 heterocycles. The van der Waals surface area contributed by atoms with Crippen LogP contribution in [0.5, 0.6) is 0 Å². The van der Waals surface area contributed by atoms with Gasteiger partial charge in [-0.2, -0.15) is 0 Å². The van der Waals surface area contributed by atoms with Crippen molar-refractivity contribution in [3.05, 3.63) is 146 Å². The van der Waals surface area contributed by atoms with Crippen molar-refractivity contribution in [3.8, 4) is 45.0 Å². The van der Waals surface area contributed by atoms with Crippen LogP contribution in [0.25, 0.3) is 88.9 Å². The second kappa shape index (κ2) is 9.79. The van der Waals surface area contributed by atoms with E-state index in [0.717, 1.165) is 77.5 Å². The van der Waals surface area contributed by atoms with Crippen LogP contribution in [0.15, 0.2) is 154 Å². The van der Waals surface area contributed by atoms with Crippen LogP contribution in [-0.2, 0) is 0 Å². The van der Waals surface area contributed by atoms with Gasteiger partial charge in [0.25, 0.3) is 0 Å². The lowest BCUT2D eigenvalue weighted by atomic mass is 10.0. The zero-order chi connectivity index (χ0) is 29.0. The SMILES string of the molecule is c1ccc(-c2ccc(-c3cc(-c4ccc5c(c4)oc4ccccc45)nc(-c4cccc5oc6ccccc6c45)n3)cc2)cc1. The van der Waals surface area contributed by atoms with E-state index in [1.54, 1.807) is 0 Å². The first-order chi connectivity index (χ1) is 21.8. The summed E-state index contributed by atoms with van der Waals surface area (Å²) in [6.45, 7) is 0. The highest BCUT2D eigenvalue weighted by Gasteiger charge is 2.17. The van der Waals surface area contributed by atoms with Crippen molar-refractivity contribution in [1.82, 2.24) is 9.97 Å². The molecule has 0 atom stereocenters. The first-order valence-electron chi connectivity index (χ1n) is 14.7. The fraction of sp³-hybridized carbons (Fsp3) is 0. The minimum absolute atomic E-state index is 0.645. The van der Waals surface area contributed by atoms with Crippen LogP contribution in [0, 0.1) is 0 Å². The molecular weight excluding hydrogens is 540 g/mol. The monoisotopic (exact) mass is 564 g/mol. The van der Waals surface area contributed by atoms with Gasteiger partial charge in [-0.3, -0.25) is 0 Å². The first kappa shape index (κ1) is 24.6. The molecule has 0 N–H and O–H groups in total. The summed E-state index contributed by atoms with van der Waals surface area (Å²) in [6, 6.07) is 49.7. The Bertz CT molecular complexity index is 2490. The maximum Gasteiger partial charge on any atom is 0.161 e. The molecule has 0 unspecified atom stereocenters. The Morgan fingerprint density at radius 3 is 1.75 bits per heavy atom. The van der Waals surface area contributed by atoms with Crippen LogP contribution in [0.2, 0.25) is 0 Å². The van der Waals surface area contributed by atoms with Crippen molar-refractivity contribution < 1.29 is 8.83 Å². The molecule has 6 aromatic carbocycles. The van der Waals surface area contributed by atoms with E-state index < -0.39 is 0 Å². The van der Waals surface area contributed by atoms with Crippen LogP contribution in [0.1, 0.15) is 0 Å². The van der Waals surface area contributed by atoms with Gasteiger partial charge in [-0.1, -0.05) is 109 Å². The summed E-state index contributed by atoms with van der Waals surface area (Å²) in [5, 5.41) is 4.25. The van der Waals surface area contributed by atoms with Crippen LogP contribution < -0.4 is 0 Å². The van der Waals surface area contributed by atoms with Crippen LogP contribution in [0.4, 0.5) is 0 Å². The molecule has 0 aliphatic carbocycles. The van der Waals surface area contributed by atoms with Gasteiger partial charge in [0.1, 0.15) is 22.3 Å². The molecule has 0 spiro atoms. The van der Waals surface area contributed by atoms with Crippen molar-refractivity contribution in [2.24, 2.45) is 0 Å². The van der Waals surface area contributed by atoms with Gasteiger partial charge in [0, 0.05) is 38.2 Å². The minimum Gasteiger partial charge on any atom is -0.456 e. The van der Waals surface area contributed by atoms with Crippen LogP contribution >= 0.6 is 0 Å². The quantitative estimate of drug-likeness (QED) is 0.213. The third kappa shape index (κ3) is 4.00. The predicted octanol–water partition coefficient (Wildman–Crippen LogP) is 10.9. The number of hydrogen-bond acceptors (Lipinski definition) is 4. The molecule has 0 fully saturated rings. The average molecular weight is 565 g/mol. The molecule has 9 aromatic rings. The highest BCUT2D eigenvalue weighted by atomic mass is 16.3. The third-order valence-electron chi connectivity index (χ3n) is 8.33. The van der Waals surface area contributed by atoms with Gasteiger partial charge in [0.05, 0.1) is 11.4 Å².